The molecular formula is C23H18ClFN4O3. The van der Waals surface area contributed by atoms with E-state index < -0.39 is 17.8 Å². The van der Waals surface area contributed by atoms with Crippen LogP contribution in [0, 0.1) is 5.82 Å². The first-order chi connectivity index (χ1) is 15.3. The Kier molecular flexibility index (Phi) is 4.82. The number of imidazole rings is 1. The van der Waals surface area contributed by atoms with E-state index in [9.17, 15) is 18.8 Å². The summed E-state index contributed by atoms with van der Waals surface area (Å²) in [6.07, 6.45) is 2.15. The second-order valence-electron chi connectivity index (χ2n) is 7.98. The Hall–Kier alpha value is -3.52. The molecule has 9 heteroatoms. The zero-order valence-electron chi connectivity index (χ0n) is 17.1. The minimum Gasteiger partial charge on any atom is -0.333 e. The van der Waals surface area contributed by atoms with Crippen LogP contribution in [0.4, 0.5) is 4.39 Å². The van der Waals surface area contributed by atoms with Crippen LogP contribution in [0.5, 0.6) is 0 Å². The number of fused-ring (bicyclic) bond motifs is 1. The van der Waals surface area contributed by atoms with Gasteiger partial charge in [-0.1, -0.05) is 17.7 Å². The van der Waals surface area contributed by atoms with Crippen molar-refractivity contribution in [2.75, 3.05) is 0 Å². The van der Waals surface area contributed by atoms with Gasteiger partial charge in [0.1, 0.15) is 11.9 Å². The summed E-state index contributed by atoms with van der Waals surface area (Å²) < 4.78 is 15.8. The maximum atomic E-state index is 14.0. The molecule has 32 heavy (non-hydrogen) atoms. The molecule has 5 rings (SSSR count). The van der Waals surface area contributed by atoms with Gasteiger partial charge in [0.2, 0.25) is 11.8 Å². The van der Waals surface area contributed by atoms with Crippen LogP contribution in [0.25, 0.3) is 22.5 Å². The highest BCUT2D eigenvalue weighted by molar-refractivity contribution is 6.30. The molecule has 0 radical (unpaired) electrons. The summed E-state index contributed by atoms with van der Waals surface area (Å²) >= 11 is 6.05. The molecule has 2 aliphatic rings. The molecule has 0 bridgehead atoms. The van der Waals surface area contributed by atoms with E-state index in [2.05, 4.69) is 10.3 Å². The average molecular weight is 453 g/mol. The topological polar surface area (TPSA) is 84.3 Å². The van der Waals surface area contributed by atoms with Crippen molar-refractivity contribution in [3.63, 3.8) is 0 Å². The van der Waals surface area contributed by atoms with Gasteiger partial charge in [0.25, 0.3) is 5.91 Å². The smallest absolute Gasteiger partial charge is 0.255 e. The fourth-order valence-electron chi connectivity index (χ4n) is 4.39. The first-order valence-electron chi connectivity index (χ1n) is 10.1. The van der Waals surface area contributed by atoms with Crippen LogP contribution in [0.2, 0.25) is 5.02 Å². The molecular weight excluding hydrogens is 435 g/mol. The first kappa shape index (κ1) is 20.4. The standard InChI is InChI=1S/C23H18ClFN4O3/c1-28-11-26-20(21(28)13-7-15(24)9-16(25)8-13)12-2-3-17-14(6-12)10-29(23(17)32)18-4-5-19(30)27-22(18)31/h2-3,6-9,11,18H,4-5,10H2,1H3,(H,27,30,31). The Morgan fingerprint density at radius 2 is 1.94 bits per heavy atom. The summed E-state index contributed by atoms with van der Waals surface area (Å²) in [5.41, 5.74) is 3.96. The van der Waals surface area contributed by atoms with Gasteiger partial charge in [-0.15, -0.1) is 0 Å². The average Bonchev–Trinajstić information content (AvgIpc) is 3.27. The van der Waals surface area contributed by atoms with E-state index in [4.69, 9.17) is 11.6 Å². The second kappa shape index (κ2) is 7.56. The molecule has 2 aromatic carbocycles. The van der Waals surface area contributed by atoms with Crippen molar-refractivity contribution >= 4 is 29.3 Å². The molecule has 0 spiro atoms. The van der Waals surface area contributed by atoms with Crippen LogP contribution < -0.4 is 5.32 Å². The van der Waals surface area contributed by atoms with Crippen LogP contribution in [0.3, 0.4) is 0 Å². The van der Waals surface area contributed by atoms with E-state index in [-0.39, 0.29) is 29.8 Å². The number of amides is 3. The zero-order valence-corrected chi connectivity index (χ0v) is 17.8. The quantitative estimate of drug-likeness (QED) is 0.618. The van der Waals surface area contributed by atoms with Crippen molar-refractivity contribution in [1.29, 1.82) is 0 Å². The van der Waals surface area contributed by atoms with Crippen molar-refractivity contribution in [2.45, 2.75) is 25.4 Å². The lowest BCUT2D eigenvalue weighted by Gasteiger charge is -2.29. The molecule has 3 amide bonds. The number of hydrogen-bond donors (Lipinski definition) is 1. The fraction of sp³-hybridized carbons (Fsp3) is 0.217. The highest BCUT2D eigenvalue weighted by Gasteiger charge is 2.39. The van der Waals surface area contributed by atoms with Gasteiger partial charge in [0, 0.05) is 41.7 Å². The normalized spacial score (nSPS) is 18.2. The summed E-state index contributed by atoms with van der Waals surface area (Å²) in [4.78, 5) is 42.6. The lowest BCUT2D eigenvalue weighted by Crippen LogP contribution is -2.52. The van der Waals surface area contributed by atoms with E-state index in [1.807, 2.05) is 13.1 Å². The number of nitrogens with zero attached hydrogens (tertiary/aromatic N) is 3. The van der Waals surface area contributed by atoms with E-state index in [1.54, 1.807) is 29.1 Å². The van der Waals surface area contributed by atoms with Crippen molar-refractivity contribution in [1.82, 2.24) is 19.8 Å². The third-order valence-corrected chi connectivity index (χ3v) is 6.09. The van der Waals surface area contributed by atoms with Gasteiger partial charge in [-0.05, 0) is 42.3 Å². The van der Waals surface area contributed by atoms with Crippen LogP contribution >= 0.6 is 11.6 Å². The Labute approximate surface area is 187 Å². The molecule has 1 atom stereocenters. The van der Waals surface area contributed by atoms with Crippen LogP contribution in [0.15, 0.2) is 42.7 Å². The van der Waals surface area contributed by atoms with Crippen molar-refractivity contribution in [3.05, 3.63) is 64.7 Å². The number of nitrogens with one attached hydrogen (secondary N) is 1. The predicted octanol–water partition coefficient (Wildman–Crippen LogP) is 3.31. The SMILES string of the molecule is Cn1cnc(-c2ccc3c(c2)CN(C2CCC(=O)NC2=O)C3=O)c1-c1cc(F)cc(Cl)c1. The van der Waals surface area contributed by atoms with Crippen LogP contribution in [0.1, 0.15) is 28.8 Å². The second-order valence-corrected chi connectivity index (χ2v) is 8.42. The van der Waals surface area contributed by atoms with Crippen molar-refractivity contribution < 1.29 is 18.8 Å². The van der Waals surface area contributed by atoms with E-state index in [1.165, 1.54) is 17.0 Å². The largest absolute Gasteiger partial charge is 0.333 e. The van der Waals surface area contributed by atoms with Crippen molar-refractivity contribution in [2.24, 2.45) is 7.05 Å². The van der Waals surface area contributed by atoms with Crippen LogP contribution in [-0.4, -0.2) is 38.2 Å². The summed E-state index contributed by atoms with van der Waals surface area (Å²) in [6.45, 7) is 0.266. The fourth-order valence-corrected chi connectivity index (χ4v) is 4.62. The number of piperidine rings is 1. The van der Waals surface area contributed by atoms with E-state index >= 15 is 0 Å². The number of benzene rings is 2. The maximum Gasteiger partial charge on any atom is 0.255 e. The lowest BCUT2D eigenvalue weighted by atomic mass is 10.0. The highest BCUT2D eigenvalue weighted by atomic mass is 35.5. The summed E-state index contributed by atoms with van der Waals surface area (Å²) in [5.74, 6) is -1.45. The number of rotatable bonds is 3. The molecule has 3 aromatic rings. The molecule has 1 fully saturated rings. The third-order valence-electron chi connectivity index (χ3n) is 5.87. The lowest BCUT2D eigenvalue weighted by molar-refractivity contribution is -0.136. The molecule has 1 unspecified atom stereocenters. The highest BCUT2D eigenvalue weighted by Crippen LogP contribution is 2.36. The molecule has 162 valence electrons. The van der Waals surface area contributed by atoms with Gasteiger partial charge in [-0.3, -0.25) is 19.7 Å². The van der Waals surface area contributed by atoms with Gasteiger partial charge in [0.15, 0.2) is 0 Å². The summed E-state index contributed by atoms with van der Waals surface area (Å²) in [6, 6.07) is 9.02. The number of carbonyl (C=O) groups is 3. The maximum absolute atomic E-state index is 14.0. The van der Waals surface area contributed by atoms with Crippen molar-refractivity contribution in [3.8, 4) is 22.5 Å². The molecule has 0 aliphatic carbocycles. The monoisotopic (exact) mass is 452 g/mol. The number of aromatic nitrogens is 2. The predicted molar refractivity (Wildman–Crippen MR) is 115 cm³/mol. The van der Waals surface area contributed by atoms with Gasteiger partial charge >= 0.3 is 0 Å². The third kappa shape index (κ3) is 3.36. The van der Waals surface area contributed by atoms with E-state index in [0.717, 1.165) is 11.1 Å². The molecule has 7 nitrogen and oxygen atoms in total. The molecule has 3 heterocycles. The van der Waals surface area contributed by atoms with E-state index in [0.29, 0.717) is 28.9 Å². The first-order valence-corrected chi connectivity index (χ1v) is 10.5. The number of halogens is 2. The Balaban J connectivity index is 1.51. The number of imide groups is 1. The number of aryl methyl sites for hydroxylation is 1. The Morgan fingerprint density at radius 1 is 1.12 bits per heavy atom. The molecule has 1 saturated heterocycles. The Morgan fingerprint density at radius 3 is 2.69 bits per heavy atom. The van der Waals surface area contributed by atoms with Gasteiger partial charge in [-0.2, -0.15) is 0 Å². The molecule has 2 aliphatic heterocycles. The zero-order chi connectivity index (χ0) is 22.6. The van der Waals surface area contributed by atoms with Crippen LogP contribution in [-0.2, 0) is 23.2 Å². The van der Waals surface area contributed by atoms with Gasteiger partial charge < -0.3 is 9.47 Å². The summed E-state index contributed by atoms with van der Waals surface area (Å²) in [7, 11) is 1.81. The minimum atomic E-state index is -0.670. The summed E-state index contributed by atoms with van der Waals surface area (Å²) in [5, 5.41) is 2.59. The minimum absolute atomic E-state index is 0.204. The van der Waals surface area contributed by atoms with Gasteiger partial charge in [-0.25, -0.2) is 9.37 Å². The Bertz CT molecular complexity index is 1280. The number of hydrogen-bond acceptors (Lipinski definition) is 4. The molecule has 1 N–H and O–H groups in total. The molecule has 0 saturated carbocycles. The van der Waals surface area contributed by atoms with Gasteiger partial charge in [0.05, 0.1) is 17.7 Å². The molecule has 1 aromatic heterocycles. The number of carbonyl (C=O) groups excluding carboxylic acids is 3.